The molecule has 0 aromatic heterocycles. The molecule has 0 aromatic rings. The van der Waals surface area contributed by atoms with E-state index in [1.54, 1.807) is 6.08 Å². The van der Waals surface area contributed by atoms with Crippen molar-refractivity contribution in [1.82, 2.24) is 5.32 Å². The summed E-state index contributed by atoms with van der Waals surface area (Å²) in [5.41, 5.74) is 0. The molecule has 12 N–H and O–H groups in total. The number of carbonyl (C=O) groups excluding carboxylic acids is 1. The van der Waals surface area contributed by atoms with Gasteiger partial charge in [-0.1, -0.05) is 258 Å². The molecule has 1 amide bonds. The number of nitrogens with one attached hydrogen (secondary N) is 1. The molecule has 3 rings (SSSR count). The van der Waals surface area contributed by atoms with Gasteiger partial charge in [0.2, 0.25) is 5.91 Å². The van der Waals surface area contributed by atoms with E-state index in [0.29, 0.717) is 12.8 Å². The van der Waals surface area contributed by atoms with Crippen LogP contribution in [0.3, 0.4) is 0 Å². The first-order valence-electron chi connectivity index (χ1n) is 37.6. The number of hydrogen-bond acceptors (Lipinski definition) is 18. The lowest BCUT2D eigenvalue weighted by Gasteiger charge is -2.48. The van der Waals surface area contributed by atoms with E-state index < -0.39 is 124 Å². The van der Waals surface area contributed by atoms with E-state index in [2.05, 4.69) is 116 Å². The van der Waals surface area contributed by atoms with Crippen LogP contribution in [0.5, 0.6) is 0 Å². The quantitative estimate of drug-likeness (QED) is 0.0199. The molecule has 3 fully saturated rings. The lowest BCUT2D eigenvalue weighted by Crippen LogP contribution is -2.66. The molecule has 3 aliphatic rings. The first-order valence-corrected chi connectivity index (χ1v) is 37.6. The van der Waals surface area contributed by atoms with Gasteiger partial charge in [-0.05, 0) is 89.9 Å². The molecule has 0 bridgehead atoms. The second-order valence-electron chi connectivity index (χ2n) is 26.4. The Balaban J connectivity index is 1.31. The number of amides is 1. The van der Waals surface area contributed by atoms with Crippen molar-refractivity contribution in [3.63, 3.8) is 0 Å². The fourth-order valence-electron chi connectivity index (χ4n) is 12.0. The number of allylic oxidation sites excluding steroid dienone is 17. The lowest BCUT2D eigenvalue weighted by atomic mass is 9.96. The van der Waals surface area contributed by atoms with Crippen LogP contribution in [0, 0.1) is 0 Å². The molecule has 0 spiro atoms. The molecule has 3 saturated heterocycles. The number of hydrogen-bond donors (Lipinski definition) is 12. The average Bonchev–Trinajstić information content (AvgIpc) is 0.809. The van der Waals surface area contributed by atoms with E-state index in [-0.39, 0.29) is 18.9 Å². The Labute approximate surface area is 583 Å². The van der Waals surface area contributed by atoms with Crippen molar-refractivity contribution in [2.24, 2.45) is 0 Å². The zero-order valence-electron chi connectivity index (χ0n) is 59.3. The maximum Gasteiger partial charge on any atom is 0.220 e. The minimum atomic E-state index is -1.98. The number of rotatable bonds is 57. The Morgan fingerprint density at radius 2 is 0.722 bits per heavy atom. The number of ether oxygens (including phenoxy) is 6. The van der Waals surface area contributed by atoms with Gasteiger partial charge >= 0.3 is 0 Å². The van der Waals surface area contributed by atoms with E-state index in [0.717, 1.165) is 83.5 Å². The topological polar surface area (TPSA) is 307 Å². The average molecular weight is 1370 g/mol. The Kier molecular flexibility index (Phi) is 52.4. The van der Waals surface area contributed by atoms with Crippen LogP contribution in [0.4, 0.5) is 0 Å². The fraction of sp³-hybridized carbons (Fsp3) is 0.756. The maximum absolute atomic E-state index is 13.4. The molecule has 0 aliphatic carbocycles. The van der Waals surface area contributed by atoms with Crippen molar-refractivity contribution in [1.29, 1.82) is 0 Å². The van der Waals surface area contributed by atoms with E-state index in [9.17, 15) is 61.0 Å². The highest BCUT2D eigenvalue weighted by atomic mass is 16.8. The van der Waals surface area contributed by atoms with Gasteiger partial charge in [-0.2, -0.15) is 0 Å². The predicted octanol–water partition coefficient (Wildman–Crippen LogP) is 11.4. The van der Waals surface area contributed by atoms with Gasteiger partial charge in [-0.3, -0.25) is 4.79 Å². The van der Waals surface area contributed by atoms with Gasteiger partial charge in [0.25, 0.3) is 0 Å². The van der Waals surface area contributed by atoms with Gasteiger partial charge < -0.3 is 89.9 Å². The van der Waals surface area contributed by atoms with Gasteiger partial charge in [0, 0.05) is 6.42 Å². The third-order valence-electron chi connectivity index (χ3n) is 18.1. The molecule has 0 saturated carbocycles. The predicted molar refractivity (Wildman–Crippen MR) is 383 cm³/mol. The summed E-state index contributed by atoms with van der Waals surface area (Å²) in [6, 6.07) is -0.994. The van der Waals surface area contributed by atoms with Crippen molar-refractivity contribution in [3.05, 3.63) is 109 Å². The Bertz CT molecular complexity index is 2180. The normalized spacial score (nSPS) is 27.5. The third-order valence-corrected chi connectivity index (χ3v) is 18.1. The van der Waals surface area contributed by atoms with Crippen LogP contribution in [-0.2, 0) is 33.2 Å². The molecule has 19 heteroatoms. The first kappa shape index (κ1) is 87.7. The molecule has 0 radical (unpaired) electrons. The third kappa shape index (κ3) is 38.9. The first-order chi connectivity index (χ1) is 47.3. The van der Waals surface area contributed by atoms with Crippen LogP contribution < -0.4 is 5.32 Å². The largest absolute Gasteiger partial charge is 0.394 e. The molecule has 3 heterocycles. The van der Waals surface area contributed by atoms with Gasteiger partial charge in [0.05, 0.1) is 38.6 Å². The second-order valence-corrected chi connectivity index (χ2v) is 26.4. The zero-order chi connectivity index (χ0) is 70.4. The minimum Gasteiger partial charge on any atom is -0.394 e. The van der Waals surface area contributed by atoms with Crippen molar-refractivity contribution < 1.29 is 89.4 Å². The maximum atomic E-state index is 13.4. The molecule has 17 unspecified atom stereocenters. The molecule has 19 nitrogen and oxygen atoms in total. The van der Waals surface area contributed by atoms with Gasteiger partial charge in [0.15, 0.2) is 18.9 Å². The number of carbonyl (C=O) groups is 1. The van der Waals surface area contributed by atoms with Gasteiger partial charge in [-0.25, -0.2) is 0 Å². The summed E-state index contributed by atoms with van der Waals surface area (Å²) in [7, 11) is 0. The van der Waals surface area contributed by atoms with Crippen LogP contribution in [0.15, 0.2) is 109 Å². The molecular weight excluding hydrogens is 1240 g/mol. The molecular formula is C78H133NO18. The van der Waals surface area contributed by atoms with Crippen molar-refractivity contribution >= 4 is 5.91 Å². The zero-order valence-corrected chi connectivity index (χ0v) is 59.3. The summed E-state index contributed by atoms with van der Waals surface area (Å²) in [6.45, 7) is 1.58. The van der Waals surface area contributed by atoms with E-state index in [4.69, 9.17) is 28.4 Å². The van der Waals surface area contributed by atoms with Gasteiger partial charge in [0.1, 0.15) is 73.2 Å². The molecule has 17 atom stereocenters. The van der Waals surface area contributed by atoms with E-state index in [1.807, 2.05) is 6.08 Å². The van der Waals surface area contributed by atoms with Crippen molar-refractivity contribution in [3.8, 4) is 0 Å². The fourth-order valence-corrected chi connectivity index (χ4v) is 12.0. The number of aliphatic hydroxyl groups is 11. The van der Waals surface area contributed by atoms with Crippen LogP contribution in [0.25, 0.3) is 0 Å². The highest BCUT2D eigenvalue weighted by Gasteiger charge is 2.53. The minimum absolute atomic E-state index is 0.231. The SMILES string of the molecule is CC/C=C\C/C=C\C/C=C\C/C=C\C/C=C\C/C=C\C/C=C\CCCCCCCCCCCCCCCCCCCC(=O)NC(COC1OC(CO)C(OC2OC(CO)C(OC3OC(CO)C(O)C(O)C3O)C(O)C2O)C(O)C1O)C(O)/C=C/CC/C=C/CCCCCCCCC. The summed E-state index contributed by atoms with van der Waals surface area (Å²) >= 11 is 0. The van der Waals surface area contributed by atoms with Crippen molar-refractivity contribution in [2.45, 2.75) is 349 Å². The molecule has 558 valence electrons. The number of aliphatic hydroxyl groups excluding tert-OH is 11. The van der Waals surface area contributed by atoms with E-state index in [1.165, 1.54) is 128 Å². The van der Waals surface area contributed by atoms with Crippen LogP contribution >= 0.6 is 0 Å². The lowest BCUT2D eigenvalue weighted by molar-refractivity contribution is -0.379. The van der Waals surface area contributed by atoms with Crippen molar-refractivity contribution in [2.75, 3.05) is 26.4 Å². The van der Waals surface area contributed by atoms with Gasteiger partial charge in [-0.15, -0.1) is 0 Å². The molecule has 97 heavy (non-hydrogen) atoms. The standard InChI is InChI=1S/C78H133NO18/c1-3-5-7-9-11-13-15-17-18-19-20-21-22-23-24-25-26-27-28-29-30-31-32-33-34-35-36-37-38-39-40-41-42-44-46-48-50-52-54-56-66(84)79-61(62(83)55-53-51-49-47-45-43-16-14-12-10-8-6-4-2)60-92-76-72(90)69(87)74(64(58-81)94-76)97-78-73(91)70(88)75(65(59-82)95-78)96-77-71(89)68(86)67(85)63(57-80)93-77/h5,7,11,13,17-18,20-21,23-24,26-27,29-30,45,47,53,55,61-65,67-78,80-83,85-91H,3-4,6,8-10,12,14-16,19,22,25,28,31-44,46,48-52,54,56-60H2,1-2H3,(H,79,84)/b7-5-,13-11-,18-17-,21-20-,24-23-,27-26-,30-29-,47-45+,55-53+. The summed E-state index contributed by atoms with van der Waals surface area (Å²) in [5, 5.41) is 120. The molecule has 0 aromatic carbocycles. The van der Waals surface area contributed by atoms with E-state index >= 15 is 0 Å². The highest BCUT2D eigenvalue weighted by molar-refractivity contribution is 5.76. The number of unbranched alkanes of at least 4 members (excludes halogenated alkanes) is 25. The summed E-state index contributed by atoms with van der Waals surface area (Å²) in [5.74, 6) is -0.288. The highest BCUT2D eigenvalue weighted by Crippen LogP contribution is 2.33. The smallest absolute Gasteiger partial charge is 0.220 e. The monoisotopic (exact) mass is 1370 g/mol. The second kappa shape index (κ2) is 58.0. The van der Waals surface area contributed by atoms with Crippen LogP contribution in [0.1, 0.15) is 245 Å². The molecule has 3 aliphatic heterocycles. The van der Waals surface area contributed by atoms with Crippen LogP contribution in [-0.4, -0.2) is 193 Å². The summed E-state index contributed by atoms with van der Waals surface area (Å²) < 4.78 is 34.3. The summed E-state index contributed by atoms with van der Waals surface area (Å²) in [4.78, 5) is 13.4. The van der Waals surface area contributed by atoms with Crippen LogP contribution in [0.2, 0.25) is 0 Å². The Hall–Kier alpha value is -3.55. The Morgan fingerprint density at radius 3 is 1.15 bits per heavy atom. The summed E-state index contributed by atoms with van der Waals surface area (Å²) in [6.07, 6.45) is 52.4. The Morgan fingerprint density at radius 1 is 0.381 bits per heavy atom.